The van der Waals surface area contributed by atoms with Crippen molar-refractivity contribution in [3.63, 3.8) is 0 Å². The highest BCUT2D eigenvalue weighted by Gasteiger charge is 1.92. The third-order valence-corrected chi connectivity index (χ3v) is 3.75. The molecule has 0 saturated carbocycles. The molecule has 0 aromatic carbocycles. The first-order valence-electron chi connectivity index (χ1n) is 9.01. The maximum absolute atomic E-state index is 3.78. The van der Waals surface area contributed by atoms with Gasteiger partial charge in [-0.05, 0) is 32.6 Å². The van der Waals surface area contributed by atoms with Crippen LogP contribution < -0.4 is 0 Å². The Morgan fingerprint density at radius 3 is 1.65 bits per heavy atom. The van der Waals surface area contributed by atoms with Crippen molar-refractivity contribution < 1.29 is 0 Å². The van der Waals surface area contributed by atoms with E-state index in [1.807, 2.05) is 0 Å². The second kappa shape index (κ2) is 18.5. The Balaban J connectivity index is 3.04. The first-order chi connectivity index (χ1) is 9.91. The predicted octanol–water partition coefficient (Wildman–Crippen LogP) is 7.41. The minimum atomic E-state index is 0.909. The molecule has 0 aliphatic rings. The van der Waals surface area contributed by atoms with Crippen LogP contribution in [0, 0.1) is 6.92 Å². The molecule has 0 atom stereocenters. The quantitative estimate of drug-likeness (QED) is 0.216. The summed E-state index contributed by atoms with van der Waals surface area (Å²) < 4.78 is 0. The molecule has 0 saturated heterocycles. The molecular weight excluding hydrogens is 240 g/mol. The fraction of sp³-hybridized carbons (Fsp3) is 0.750. The molecule has 1 radical (unpaired) electrons. The van der Waals surface area contributed by atoms with Gasteiger partial charge in [-0.25, -0.2) is 0 Å². The minimum Gasteiger partial charge on any atom is -0.0882 e. The minimum absolute atomic E-state index is 0.909. The fourth-order valence-corrected chi connectivity index (χ4v) is 2.43. The molecule has 0 aromatic rings. The molecule has 117 valence electrons. The molecule has 0 heterocycles. The van der Waals surface area contributed by atoms with E-state index in [-0.39, 0.29) is 0 Å². The van der Waals surface area contributed by atoms with E-state index < -0.39 is 0 Å². The van der Waals surface area contributed by atoms with Gasteiger partial charge in [0.2, 0.25) is 0 Å². The van der Waals surface area contributed by atoms with E-state index in [0.29, 0.717) is 0 Å². The van der Waals surface area contributed by atoms with Gasteiger partial charge in [0, 0.05) is 0 Å². The molecule has 0 rings (SSSR count). The molecule has 0 bridgehead atoms. The zero-order chi connectivity index (χ0) is 14.7. The lowest BCUT2D eigenvalue weighted by atomic mass is 10.1. The Morgan fingerprint density at radius 1 is 0.600 bits per heavy atom. The fourth-order valence-electron chi connectivity index (χ4n) is 2.43. The summed E-state index contributed by atoms with van der Waals surface area (Å²) in [4.78, 5) is 0. The second-order valence-electron chi connectivity index (χ2n) is 5.79. The van der Waals surface area contributed by atoms with Gasteiger partial charge in [-0.15, -0.1) is 0 Å². The molecule has 0 aliphatic carbocycles. The van der Waals surface area contributed by atoms with Gasteiger partial charge >= 0.3 is 0 Å². The first kappa shape index (κ1) is 19.5. The zero-order valence-corrected chi connectivity index (χ0v) is 13.9. The van der Waals surface area contributed by atoms with Crippen molar-refractivity contribution in [2.24, 2.45) is 0 Å². The lowest BCUT2D eigenvalue weighted by molar-refractivity contribution is 0.550. The van der Waals surface area contributed by atoms with Crippen molar-refractivity contribution in [1.29, 1.82) is 0 Å². The van der Waals surface area contributed by atoms with Crippen molar-refractivity contribution in [3.8, 4) is 0 Å². The van der Waals surface area contributed by atoms with Crippen LogP contribution in [-0.2, 0) is 0 Å². The van der Waals surface area contributed by atoms with E-state index in [2.05, 4.69) is 38.2 Å². The molecule has 0 spiro atoms. The highest BCUT2D eigenvalue weighted by atomic mass is 14.0. The summed E-state index contributed by atoms with van der Waals surface area (Å²) in [5.74, 6) is 0. The van der Waals surface area contributed by atoms with Gasteiger partial charge in [0.15, 0.2) is 0 Å². The molecular formula is C20H37. The molecule has 0 amide bonds. The number of allylic oxidation sites excluding steroid dienone is 4. The normalized spacial score (nSPS) is 11.9. The third-order valence-electron chi connectivity index (χ3n) is 3.75. The van der Waals surface area contributed by atoms with Crippen LogP contribution in [0.2, 0.25) is 0 Å². The van der Waals surface area contributed by atoms with Crippen LogP contribution in [0.1, 0.15) is 96.8 Å². The number of hydrogen-bond donors (Lipinski definition) is 0. The Morgan fingerprint density at radius 2 is 1.10 bits per heavy atom. The standard InChI is InChI=1S/C20H37/c1-3-5-7-9-11-13-15-17-19-20-18-16-14-12-10-8-6-4-2/h5,7,11,13H,1,3-4,6,8-10,12,14-20H2,2H3. The lowest BCUT2D eigenvalue weighted by Gasteiger charge is -2.01. The van der Waals surface area contributed by atoms with Crippen molar-refractivity contribution in [2.75, 3.05) is 0 Å². The van der Waals surface area contributed by atoms with Gasteiger partial charge in [0.1, 0.15) is 0 Å². The van der Waals surface area contributed by atoms with Crippen molar-refractivity contribution in [1.82, 2.24) is 0 Å². The average Bonchev–Trinajstić information content (AvgIpc) is 2.47. The smallest absolute Gasteiger partial charge is 0.0169 e. The maximum atomic E-state index is 3.78. The van der Waals surface area contributed by atoms with Gasteiger partial charge in [-0.1, -0.05) is 95.4 Å². The maximum Gasteiger partial charge on any atom is -0.0169 e. The van der Waals surface area contributed by atoms with E-state index in [4.69, 9.17) is 0 Å². The van der Waals surface area contributed by atoms with Crippen LogP contribution in [-0.4, -0.2) is 0 Å². The summed E-state index contributed by atoms with van der Waals surface area (Å²) >= 11 is 0. The molecule has 0 heteroatoms. The van der Waals surface area contributed by atoms with Crippen molar-refractivity contribution in [2.45, 2.75) is 96.8 Å². The van der Waals surface area contributed by atoms with Crippen LogP contribution in [0.4, 0.5) is 0 Å². The largest absolute Gasteiger partial charge is 0.0882 e. The second-order valence-corrected chi connectivity index (χ2v) is 5.79. The molecule has 0 N–H and O–H groups in total. The molecule has 0 fully saturated rings. The first-order valence-corrected chi connectivity index (χ1v) is 9.01. The van der Waals surface area contributed by atoms with E-state index in [9.17, 15) is 0 Å². The van der Waals surface area contributed by atoms with Crippen LogP contribution >= 0.6 is 0 Å². The summed E-state index contributed by atoms with van der Waals surface area (Å²) in [6.45, 7) is 6.07. The Hall–Kier alpha value is -0.520. The summed E-state index contributed by atoms with van der Waals surface area (Å²) in [7, 11) is 0. The van der Waals surface area contributed by atoms with Crippen LogP contribution in [0.3, 0.4) is 0 Å². The summed E-state index contributed by atoms with van der Waals surface area (Å²) in [5.41, 5.74) is 0. The predicted molar refractivity (Wildman–Crippen MR) is 93.9 cm³/mol. The zero-order valence-electron chi connectivity index (χ0n) is 13.9. The van der Waals surface area contributed by atoms with Crippen LogP contribution in [0.5, 0.6) is 0 Å². The van der Waals surface area contributed by atoms with E-state index in [1.165, 1.54) is 77.0 Å². The summed E-state index contributed by atoms with van der Waals surface area (Å²) in [6, 6.07) is 0. The van der Waals surface area contributed by atoms with Gasteiger partial charge in [0.25, 0.3) is 0 Å². The molecule has 0 unspecified atom stereocenters. The van der Waals surface area contributed by atoms with Crippen molar-refractivity contribution >= 4 is 0 Å². The highest BCUT2D eigenvalue weighted by molar-refractivity contribution is 4.92. The molecule has 0 aliphatic heterocycles. The van der Waals surface area contributed by atoms with Crippen LogP contribution in [0.15, 0.2) is 24.3 Å². The Bertz CT molecular complexity index is 212. The van der Waals surface area contributed by atoms with Gasteiger partial charge in [-0.2, -0.15) is 0 Å². The SMILES string of the molecule is [CH2]CC=CCC=CCCCCCCCCCCCCC. The van der Waals surface area contributed by atoms with Gasteiger partial charge < -0.3 is 0 Å². The van der Waals surface area contributed by atoms with E-state index >= 15 is 0 Å². The van der Waals surface area contributed by atoms with Crippen molar-refractivity contribution in [3.05, 3.63) is 31.2 Å². The van der Waals surface area contributed by atoms with E-state index in [1.54, 1.807) is 0 Å². The lowest BCUT2D eigenvalue weighted by Crippen LogP contribution is -1.81. The van der Waals surface area contributed by atoms with E-state index in [0.717, 1.165) is 12.8 Å². The van der Waals surface area contributed by atoms with Gasteiger partial charge in [0.05, 0.1) is 0 Å². The topological polar surface area (TPSA) is 0 Å². The third kappa shape index (κ3) is 17.5. The summed E-state index contributed by atoms with van der Waals surface area (Å²) in [5, 5.41) is 0. The average molecular weight is 278 g/mol. The summed E-state index contributed by atoms with van der Waals surface area (Å²) in [6.07, 6.45) is 27.9. The Labute approximate surface area is 128 Å². The highest BCUT2D eigenvalue weighted by Crippen LogP contribution is 2.12. The molecule has 0 aromatic heterocycles. The number of hydrogen-bond acceptors (Lipinski definition) is 0. The van der Waals surface area contributed by atoms with Crippen LogP contribution in [0.25, 0.3) is 0 Å². The number of unbranched alkanes of at least 4 members (excludes halogenated alkanes) is 11. The molecule has 0 nitrogen and oxygen atoms in total. The molecule has 20 heavy (non-hydrogen) atoms. The van der Waals surface area contributed by atoms with Gasteiger partial charge in [-0.3, -0.25) is 0 Å². The number of rotatable bonds is 15. The monoisotopic (exact) mass is 277 g/mol. The Kier molecular flexibility index (Phi) is 18.0.